The minimum absolute atomic E-state index is 0.0254. The molecule has 1 unspecified atom stereocenters. The number of hydrogen-bond acceptors (Lipinski definition) is 4. The fourth-order valence-corrected chi connectivity index (χ4v) is 3.11. The lowest BCUT2D eigenvalue weighted by atomic mass is 10.3. The number of para-hydroxylation sites is 1. The standard InChI is InChI=1S/C14H15NO2S2/c1-10(12-7-4-8-18-12)15-14(17)9-19-13-6-3-2-5-11(13)16/h2-8,10,16H,9H2,1H3,(H,15,17). The van der Waals surface area contributed by atoms with Crippen molar-refractivity contribution < 1.29 is 9.90 Å². The van der Waals surface area contributed by atoms with Crippen LogP contribution in [0.25, 0.3) is 0 Å². The Morgan fingerprint density at radius 1 is 1.37 bits per heavy atom. The van der Waals surface area contributed by atoms with Gasteiger partial charge in [0.2, 0.25) is 5.91 Å². The third kappa shape index (κ3) is 4.01. The molecule has 3 nitrogen and oxygen atoms in total. The van der Waals surface area contributed by atoms with Gasteiger partial charge in [-0.1, -0.05) is 18.2 Å². The number of phenolic OH excluding ortho intramolecular Hbond substituents is 1. The zero-order valence-electron chi connectivity index (χ0n) is 10.5. The van der Waals surface area contributed by atoms with Crippen LogP contribution >= 0.6 is 23.1 Å². The Hall–Kier alpha value is -1.46. The van der Waals surface area contributed by atoms with Crippen molar-refractivity contribution in [2.45, 2.75) is 17.9 Å². The summed E-state index contributed by atoms with van der Waals surface area (Å²) in [4.78, 5) is 13.7. The van der Waals surface area contributed by atoms with E-state index in [4.69, 9.17) is 0 Å². The normalized spacial score (nSPS) is 12.1. The molecule has 2 aromatic rings. The Morgan fingerprint density at radius 2 is 2.16 bits per heavy atom. The van der Waals surface area contributed by atoms with Crippen LogP contribution in [0, 0.1) is 0 Å². The monoisotopic (exact) mass is 293 g/mol. The third-order valence-corrected chi connectivity index (χ3v) is 4.69. The first kappa shape index (κ1) is 14.0. The summed E-state index contributed by atoms with van der Waals surface area (Å²) in [5, 5.41) is 14.5. The second kappa shape index (κ2) is 6.63. The van der Waals surface area contributed by atoms with Gasteiger partial charge >= 0.3 is 0 Å². The van der Waals surface area contributed by atoms with Crippen LogP contribution in [0.2, 0.25) is 0 Å². The van der Waals surface area contributed by atoms with Crippen LogP contribution in [0.15, 0.2) is 46.7 Å². The molecule has 1 heterocycles. The van der Waals surface area contributed by atoms with E-state index in [9.17, 15) is 9.90 Å². The second-order valence-corrected chi connectivity index (χ2v) is 6.06. The van der Waals surface area contributed by atoms with Crippen LogP contribution in [-0.4, -0.2) is 16.8 Å². The maximum atomic E-state index is 11.8. The predicted molar refractivity (Wildman–Crippen MR) is 79.7 cm³/mol. The smallest absolute Gasteiger partial charge is 0.230 e. The summed E-state index contributed by atoms with van der Waals surface area (Å²) in [5.74, 6) is 0.480. The number of rotatable bonds is 5. The van der Waals surface area contributed by atoms with E-state index in [0.29, 0.717) is 5.75 Å². The van der Waals surface area contributed by atoms with Crippen LogP contribution in [0.1, 0.15) is 17.8 Å². The lowest BCUT2D eigenvalue weighted by Gasteiger charge is -2.12. The van der Waals surface area contributed by atoms with Crippen LogP contribution < -0.4 is 5.32 Å². The number of thiophene rings is 1. The summed E-state index contributed by atoms with van der Waals surface area (Å²) in [6, 6.07) is 11.0. The molecule has 1 atom stereocenters. The van der Waals surface area contributed by atoms with Crippen molar-refractivity contribution in [3.8, 4) is 5.75 Å². The first-order valence-electron chi connectivity index (χ1n) is 5.90. The van der Waals surface area contributed by atoms with Gasteiger partial charge in [0.15, 0.2) is 0 Å². The molecule has 1 amide bonds. The van der Waals surface area contributed by atoms with Gasteiger partial charge in [0, 0.05) is 9.77 Å². The molecule has 100 valence electrons. The van der Waals surface area contributed by atoms with Crippen molar-refractivity contribution in [1.29, 1.82) is 0 Å². The van der Waals surface area contributed by atoms with Crippen molar-refractivity contribution >= 4 is 29.0 Å². The van der Waals surface area contributed by atoms with Crippen LogP contribution in [0.5, 0.6) is 5.75 Å². The molecular weight excluding hydrogens is 278 g/mol. The lowest BCUT2D eigenvalue weighted by molar-refractivity contribution is -0.119. The van der Waals surface area contributed by atoms with Gasteiger partial charge in [0.25, 0.3) is 0 Å². The molecule has 0 fully saturated rings. The number of thioether (sulfide) groups is 1. The van der Waals surface area contributed by atoms with Crippen molar-refractivity contribution in [3.05, 3.63) is 46.7 Å². The van der Waals surface area contributed by atoms with Crippen molar-refractivity contribution in [2.24, 2.45) is 0 Å². The molecule has 0 bridgehead atoms. The average molecular weight is 293 g/mol. The van der Waals surface area contributed by atoms with Gasteiger partial charge in [0.05, 0.1) is 11.8 Å². The van der Waals surface area contributed by atoms with Gasteiger partial charge in [0.1, 0.15) is 5.75 Å². The average Bonchev–Trinajstić information content (AvgIpc) is 2.91. The zero-order valence-corrected chi connectivity index (χ0v) is 12.1. The molecule has 1 aromatic carbocycles. The third-order valence-electron chi connectivity index (χ3n) is 2.57. The van der Waals surface area contributed by atoms with Crippen LogP contribution in [0.4, 0.5) is 0 Å². The summed E-state index contributed by atoms with van der Waals surface area (Å²) in [6.07, 6.45) is 0. The molecular formula is C14H15NO2S2. The highest BCUT2D eigenvalue weighted by molar-refractivity contribution is 8.00. The van der Waals surface area contributed by atoms with Gasteiger partial charge in [-0.15, -0.1) is 23.1 Å². The van der Waals surface area contributed by atoms with E-state index in [0.717, 1.165) is 9.77 Å². The Bertz CT molecular complexity index is 540. The number of phenols is 1. The molecule has 5 heteroatoms. The highest BCUT2D eigenvalue weighted by atomic mass is 32.2. The molecule has 0 spiro atoms. The topological polar surface area (TPSA) is 49.3 Å². The molecule has 2 rings (SSSR count). The van der Waals surface area contributed by atoms with E-state index in [1.807, 2.05) is 30.5 Å². The van der Waals surface area contributed by atoms with Crippen molar-refractivity contribution in [2.75, 3.05) is 5.75 Å². The van der Waals surface area contributed by atoms with Crippen LogP contribution in [-0.2, 0) is 4.79 Å². The molecule has 2 N–H and O–H groups in total. The molecule has 0 aliphatic rings. The van der Waals surface area contributed by atoms with Gasteiger partial charge < -0.3 is 10.4 Å². The molecule has 19 heavy (non-hydrogen) atoms. The maximum absolute atomic E-state index is 11.8. The number of nitrogens with one attached hydrogen (secondary N) is 1. The number of hydrogen-bond donors (Lipinski definition) is 2. The molecule has 0 saturated carbocycles. The van der Waals surface area contributed by atoms with Gasteiger partial charge in [-0.25, -0.2) is 0 Å². The highest BCUT2D eigenvalue weighted by Gasteiger charge is 2.11. The van der Waals surface area contributed by atoms with Crippen molar-refractivity contribution in [3.63, 3.8) is 0 Å². The molecule has 0 aliphatic carbocycles. The molecule has 0 radical (unpaired) electrons. The fourth-order valence-electron chi connectivity index (χ4n) is 1.61. The number of aromatic hydroxyl groups is 1. The number of amides is 1. The van der Waals surface area contributed by atoms with E-state index in [2.05, 4.69) is 5.32 Å². The summed E-state index contributed by atoms with van der Waals surface area (Å²) < 4.78 is 0. The number of benzene rings is 1. The Labute approximate surface area is 120 Å². The Kier molecular flexibility index (Phi) is 4.87. The number of carbonyl (C=O) groups excluding carboxylic acids is 1. The first-order valence-corrected chi connectivity index (χ1v) is 7.77. The molecule has 0 aliphatic heterocycles. The highest BCUT2D eigenvalue weighted by Crippen LogP contribution is 2.27. The minimum atomic E-state index is -0.0332. The van der Waals surface area contributed by atoms with E-state index in [1.165, 1.54) is 11.8 Å². The first-order chi connectivity index (χ1) is 9.16. The van der Waals surface area contributed by atoms with Crippen molar-refractivity contribution in [1.82, 2.24) is 5.32 Å². The summed E-state index contributed by atoms with van der Waals surface area (Å²) in [5.41, 5.74) is 0. The lowest BCUT2D eigenvalue weighted by Crippen LogP contribution is -2.27. The maximum Gasteiger partial charge on any atom is 0.230 e. The van der Waals surface area contributed by atoms with Crippen LogP contribution in [0.3, 0.4) is 0 Å². The molecule has 0 saturated heterocycles. The summed E-state index contributed by atoms with van der Waals surface area (Å²) in [7, 11) is 0. The van der Waals surface area contributed by atoms with E-state index < -0.39 is 0 Å². The van der Waals surface area contributed by atoms with E-state index in [-0.39, 0.29) is 17.7 Å². The zero-order chi connectivity index (χ0) is 13.7. The van der Waals surface area contributed by atoms with E-state index >= 15 is 0 Å². The fraction of sp³-hybridized carbons (Fsp3) is 0.214. The van der Waals surface area contributed by atoms with Gasteiger partial charge in [-0.05, 0) is 30.5 Å². The second-order valence-electron chi connectivity index (χ2n) is 4.06. The summed E-state index contributed by atoms with van der Waals surface area (Å²) in [6.45, 7) is 1.97. The molecule has 1 aromatic heterocycles. The summed E-state index contributed by atoms with van der Waals surface area (Å²) >= 11 is 2.96. The van der Waals surface area contributed by atoms with Gasteiger partial charge in [-0.2, -0.15) is 0 Å². The Morgan fingerprint density at radius 3 is 2.84 bits per heavy atom. The largest absolute Gasteiger partial charge is 0.507 e. The quantitative estimate of drug-likeness (QED) is 0.830. The van der Waals surface area contributed by atoms with Gasteiger partial charge in [-0.3, -0.25) is 4.79 Å². The minimum Gasteiger partial charge on any atom is -0.507 e. The predicted octanol–water partition coefficient (Wildman–Crippen LogP) is 3.42. The SMILES string of the molecule is CC(NC(=O)CSc1ccccc1O)c1cccs1. The number of carbonyl (C=O) groups is 1. The van der Waals surface area contributed by atoms with E-state index in [1.54, 1.807) is 29.5 Å². The Balaban J connectivity index is 1.84.